The zero-order chi connectivity index (χ0) is 18.3. The van der Waals surface area contributed by atoms with Crippen molar-refractivity contribution in [2.75, 3.05) is 36.6 Å². The highest BCUT2D eigenvalue weighted by Crippen LogP contribution is 2.30. The van der Waals surface area contributed by atoms with E-state index in [1.807, 2.05) is 37.7 Å². The van der Waals surface area contributed by atoms with Gasteiger partial charge in [-0.2, -0.15) is 11.8 Å². The minimum atomic E-state index is -0.684. The SMILES string of the molecule is Cc1cccc(NC(=O)C(=O)NCC2(OCCO)CCSCC2)c1C. The molecule has 1 aliphatic rings. The normalized spacial score (nSPS) is 16.3. The number of amides is 2. The van der Waals surface area contributed by atoms with Gasteiger partial charge in [0.1, 0.15) is 0 Å². The van der Waals surface area contributed by atoms with E-state index in [1.54, 1.807) is 6.07 Å². The van der Waals surface area contributed by atoms with E-state index in [-0.39, 0.29) is 19.8 Å². The number of carbonyl (C=O) groups excluding carboxylic acids is 2. The molecular weight excluding hydrogens is 340 g/mol. The second kappa shape index (κ2) is 9.22. The van der Waals surface area contributed by atoms with Crippen molar-refractivity contribution in [3.05, 3.63) is 29.3 Å². The summed E-state index contributed by atoms with van der Waals surface area (Å²) in [6.07, 6.45) is 1.58. The molecule has 0 aliphatic carbocycles. The number of rotatable bonds is 6. The Labute approximate surface area is 152 Å². The largest absolute Gasteiger partial charge is 0.394 e. The van der Waals surface area contributed by atoms with E-state index in [0.717, 1.165) is 35.5 Å². The molecule has 0 unspecified atom stereocenters. The van der Waals surface area contributed by atoms with Crippen LogP contribution >= 0.6 is 11.8 Å². The van der Waals surface area contributed by atoms with Gasteiger partial charge in [0, 0.05) is 12.2 Å². The highest BCUT2D eigenvalue weighted by Gasteiger charge is 2.34. The van der Waals surface area contributed by atoms with Crippen LogP contribution in [0.4, 0.5) is 5.69 Å². The fourth-order valence-electron chi connectivity index (χ4n) is 2.76. The Kier molecular flexibility index (Phi) is 7.28. The van der Waals surface area contributed by atoms with Gasteiger partial charge in [0.25, 0.3) is 0 Å². The first kappa shape index (κ1) is 19.8. The van der Waals surface area contributed by atoms with Crippen molar-refractivity contribution in [1.29, 1.82) is 0 Å². The molecule has 1 heterocycles. The molecule has 1 aliphatic heterocycles. The summed E-state index contributed by atoms with van der Waals surface area (Å²) in [5.74, 6) is 0.522. The van der Waals surface area contributed by atoms with Gasteiger partial charge in [-0.1, -0.05) is 12.1 Å². The predicted octanol–water partition coefficient (Wildman–Crippen LogP) is 1.63. The summed E-state index contributed by atoms with van der Waals surface area (Å²) in [5.41, 5.74) is 2.13. The lowest BCUT2D eigenvalue weighted by atomic mass is 9.96. The zero-order valence-corrected chi connectivity index (χ0v) is 15.6. The molecule has 0 atom stereocenters. The van der Waals surface area contributed by atoms with E-state index in [2.05, 4.69) is 10.6 Å². The van der Waals surface area contributed by atoms with E-state index in [1.165, 1.54) is 0 Å². The van der Waals surface area contributed by atoms with Crippen LogP contribution in [0.1, 0.15) is 24.0 Å². The van der Waals surface area contributed by atoms with Crippen LogP contribution in [0.2, 0.25) is 0 Å². The number of aryl methyl sites for hydroxylation is 1. The van der Waals surface area contributed by atoms with Crippen LogP contribution in [-0.4, -0.2) is 53.8 Å². The Morgan fingerprint density at radius 2 is 1.96 bits per heavy atom. The Morgan fingerprint density at radius 3 is 2.64 bits per heavy atom. The van der Waals surface area contributed by atoms with Crippen LogP contribution in [0.5, 0.6) is 0 Å². The lowest BCUT2D eigenvalue weighted by Gasteiger charge is -2.36. The highest BCUT2D eigenvalue weighted by atomic mass is 32.2. The third-order valence-electron chi connectivity index (χ3n) is 4.53. The van der Waals surface area contributed by atoms with E-state index in [0.29, 0.717) is 5.69 Å². The zero-order valence-electron chi connectivity index (χ0n) is 14.8. The molecule has 1 aromatic carbocycles. The minimum absolute atomic E-state index is 0.0596. The second-order valence-electron chi connectivity index (χ2n) is 6.25. The molecule has 0 aromatic heterocycles. The Bertz CT molecular complexity index is 615. The number of nitrogens with one attached hydrogen (secondary N) is 2. The Morgan fingerprint density at radius 1 is 1.24 bits per heavy atom. The first-order chi connectivity index (χ1) is 12.0. The molecular formula is C18H26N2O4S. The summed E-state index contributed by atoms with van der Waals surface area (Å²) in [4.78, 5) is 24.3. The summed E-state index contributed by atoms with van der Waals surface area (Å²) in [6.45, 7) is 4.30. The van der Waals surface area contributed by atoms with Crippen LogP contribution in [0.25, 0.3) is 0 Å². The first-order valence-corrected chi connectivity index (χ1v) is 9.61. The fraction of sp³-hybridized carbons (Fsp3) is 0.556. The number of hydrogen-bond donors (Lipinski definition) is 3. The number of thioether (sulfide) groups is 1. The second-order valence-corrected chi connectivity index (χ2v) is 7.48. The molecule has 0 saturated carbocycles. The van der Waals surface area contributed by atoms with Crippen molar-refractivity contribution < 1.29 is 19.4 Å². The number of aliphatic hydroxyl groups excluding tert-OH is 1. The van der Waals surface area contributed by atoms with Gasteiger partial charge in [0.15, 0.2) is 0 Å². The van der Waals surface area contributed by atoms with E-state index >= 15 is 0 Å². The standard InChI is InChI=1S/C18H26N2O4S/c1-13-4-3-5-15(14(13)2)20-17(23)16(22)19-12-18(24-9-8-21)6-10-25-11-7-18/h3-5,21H,6-12H2,1-2H3,(H,19,22)(H,20,23). The van der Waals surface area contributed by atoms with Gasteiger partial charge in [0.05, 0.1) is 18.8 Å². The number of anilines is 1. The quantitative estimate of drug-likeness (QED) is 0.666. The third kappa shape index (κ3) is 5.45. The summed E-state index contributed by atoms with van der Waals surface area (Å²) >= 11 is 1.84. The summed E-state index contributed by atoms with van der Waals surface area (Å²) in [7, 11) is 0. The van der Waals surface area contributed by atoms with Crippen molar-refractivity contribution in [3.63, 3.8) is 0 Å². The average molecular weight is 366 g/mol. The van der Waals surface area contributed by atoms with Crippen molar-refractivity contribution in [2.24, 2.45) is 0 Å². The molecule has 138 valence electrons. The van der Waals surface area contributed by atoms with Gasteiger partial charge in [0.2, 0.25) is 0 Å². The molecule has 0 spiro atoms. The van der Waals surface area contributed by atoms with Crippen molar-refractivity contribution in [2.45, 2.75) is 32.3 Å². The maximum absolute atomic E-state index is 12.2. The van der Waals surface area contributed by atoms with Crippen LogP contribution < -0.4 is 10.6 Å². The average Bonchev–Trinajstić information content (AvgIpc) is 2.62. The lowest BCUT2D eigenvalue weighted by molar-refractivity contribution is -0.137. The number of benzene rings is 1. The minimum Gasteiger partial charge on any atom is -0.394 e. The molecule has 1 saturated heterocycles. The predicted molar refractivity (Wildman–Crippen MR) is 99.9 cm³/mol. The molecule has 0 bridgehead atoms. The van der Waals surface area contributed by atoms with Gasteiger partial charge in [-0.3, -0.25) is 9.59 Å². The molecule has 2 rings (SSSR count). The number of hydrogen-bond acceptors (Lipinski definition) is 5. The van der Waals surface area contributed by atoms with Crippen molar-refractivity contribution >= 4 is 29.3 Å². The van der Waals surface area contributed by atoms with E-state index in [4.69, 9.17) is 9.84 Å². The molecule has 7 heteroatoms. The molecule has 1 aromatic rings. The van der Waals surface area contributed by atoms with E-state index < -0.39 is 17.4 Å². The molecule has 2 amide bonds. The van der Waals surface area contributed by atoms with Crippen LogP contribution in [0, 0.1) is 13.8 Å². The number of aliphatic hydroxyl groups is 1. The van der Waals surface area contributed by atoms with Gasteiger partial charge in [-0.25, -0.2) is 0 Å². The van der Waals surface area contributed by atoms with Gasteiger partial charge >= 0.3 is 11.8 Å². The maximum Gasteiger partial charge on any atom is 0.313 e. The van der Waals surface area contributed by atoms with Crippen molar-refractivity contribution in [3.8, 4) is 0 Å². The molecule has 1 fully saturated rings. The van der Waals surface area contributed by atoms with E-state index in [9.17, 15) is 9.59 Å². The topological polar surface area (TPSA) is 87.7 Å². The van der Waals surface area contributed by atoms with Crippen LogP contribution in [0.3, 0.4) is 0 Å². The summed E-state index contributed by atoms with van der Waals surface area (Å²) < 4.78 is 5.79. The maximum atomic E-state index is 12.2. The molecule has 0 radical (unpaired) electrons. The Balaban J connectivity index is 1.93. The monoisotopic (exact) mass is 366 g/mol. The van der Waals surface area contributed by atoms with Crippen LogP contribution in [0.15, 0.2) is 18.2 Å². The molecule has 3 N–H and O–H groups in total. The molecule has 25 heavy (non-hydrogen) atoms. The lowest BCUT2D eigenvalue weighted by Crippen LogP contribution is -2.50. The summed E-state index contributed by atoms with van der Waals surface area (Å²) in [6, 6.07) is 5.57. The third-order valence-corrected chi connectivity index (χ3v) is 5.52. The first-order valence-electron chi connectivity index (χ1n) is 8.45. The number of carbonyl (C=O) groups is 2. The Hall–Kier alpha value is -1.57. The fourth-order valence-corrected chi connectivity index (χ4v) is 4.00. The van der Waals surface area contributed by atoms with Crippen LogP contribution in [-0.2, 0) is 14.3 Å². The van der Waals surface area contributed by atoms with Crippen molar-refractivity contribution in [1.82, 2.24) is 5.32 Å². The van der Waals surface area contributed by atoms with Gasteiger partial charge in [-0.05, 0) is 55.4 Å². The van der Waals surface area contributed by atoms with Gasteiger partial charge < -0.3 is 20.5 Å². The smallest absolute Gasteiger partial charge is 0.313 e. The molecule has 6 nitrogen and oxygen atoms in total. The number of ether oxygens (including phenoxy) is 1. The van der Waals surface area contributed by atoms with Gasteiger partial charge in [-0.15, -0.1) is 0 Å². The highest BCUT2D eigenvalue weighted by molar-refractivity contribution is 7.99. The summed E-state index contributed by atoms with van der Waals surface area (Å²) in [5, 5.41) is 14.4.